The second-order valence-electron chi connectivity index (χ2n) is 4.82. The highest BCUT2D eigenvalue weighted by atomic mass is 32.2. The maximum absolute atomic E-state index is 11.9. The third-order valence-electron chi connectivity index (χ3n) is 3.08. The number of sulfonamides is 1. The van der Waals surface area contributed by atoms with Crippen molar-refractivity contribution in [2.75, 3.05) is 5.32 Å². The van der Waals surface area contributed by atoms with E-state index in [0.29, 0.717) is 17.8 Å². The average Bonchev–Trinajstić information content (AvgIpc) is 2.49. The van der Waals surface area contributed by atoms with Crippen molar-refractivity contribution in [3.8, 4) is 0 Å². The van der Waals surface area contributed by atoms with Crippen LogP contribution in [0.4, 0.5) is 5.69 Å². The van der Waals surface area contributed by atoms with E-state index in [1.54, 1.807) is 0 Å². The molecule has 122 valence electrons. The summed E-state index contributed by atoms with van der Waals surface area (Å²) in [5.74, 6) is -0.429. The van der Waals surface area contributed by atoms with Crippen molar-refractivity contribution in [3.63, 3.8) is 0 Å². The number of nitrogens with two attached hydrogens (primary N) is 1. The van der Waals surface area contributed by atoms with Gasteiger partial charge in [-0.1, -0.05) is 6.92 Å². The summed E-state index contributed by atoms with van der Waals surface area (Å²) in [6.45, 7) is 1.69. The molecule has 1 heterocycles. The first-order chi connectivity index (χ1) is 10.8. The topological polar surface area (TPSA) is 124 Å². The summed E-state index contributed by atoms with van der Waals surface area (Å²) in [7, 11) is -3.78. The normalized spacial score (nSPS) is 11.2. The molecule has 0 fully saturated rings. The maximum atomic E-state index is 11.9. The van der Waals surface area contributed by atoms with Gasteiger partial charge < -0.3 is 5.32 Å². The van der Waals surface area contributed by atoms with Crippen molar-refractivity contribution in [2.45, 2.75) is 24.8 Å². The van der Waals surface area contributed by atoms with Crippen molar-refractivity contribution in [1.29, 1.82) is 0 Å². The van der Waals surface area contributed by atoms with Gasteiger partial charge in [0.25, 0.3) is 5.56 Å². The van der Waals surface area contributed by atoms with E-state index < -0.39 is 15.9 Å². The molecule has 0 aliphatic carbocycles. The minimum Gasteiger partial charge on any atom is -0.325 e. The van der Waals surface area contributed by atoms with E-state index in [0.717, 1.165) is 0 Å². The number of amides is 1. The van der Waals surface area contributed by atoms with Gasteiger partial charge in [0.05, 0.1) is 11.2 Å². The van der Waals surface area contributed by atoms with Crippen LogP contribution < -0.4 is 16.0 Å². The smallest absolute Gasteiger partial charge is 0.253 e. The van der Waals surface area contributed by atoms with Gasteiger partial charge in [-0.05, 0) is 30.7 Å². The molecule has 8 nitrogen and oxygen atoms in total. The number of hydrogen-bond donors (Lipinski definition) is 2. The highest BCUT2D eigenvalue weighted by molar-refractivity contribution is 7.89. The summed E-state index contributed by atoms with van der Waals surface area (Å²) in [6, 6.07) is 6.79. The second-order valence-corrected chi connectivity index (χ2v) is 6.38. The number of primary sulfonamides is 1. The van der Waals surface area contributed by atoms with Crippen LogP contribution in [-0.2, 0) is 27.8 Å². The Morgan fingerprint density at radius 2 is 1.96 bits per heavy atom. The summed E-state index contributed by atoms with van der Waals surface area (Å²) in [5.41, 5.74) is 0.746. The van der Waals surface area contributed by atoms with E-state index in [9.17, 15) is 18.0 Å². The molecule has 0 aliphatic rings. The van der Waals surface area contributed by atoms with E-state index in [1.807, 2.05) is 6.92 Å². The fourth-order valence-corrected chi connectivity index (χ4v) is 2.37. The van der Waals surface area contributed by atoms with Crippen LogP contribution in [-0.4, -0.2) is 23.9 Å². The monoisotopic (exact) mass is 336 g/mol. The molecule has 0 saturated carbocycles. The van der Waals surface area contributed by atoms with Crippen LogP contribution in [0.1, 0.15) is 12.6 Å². The van der Waals surface area contributed by atoms with E-state index in [2.05, 4.69) is 10.3 Å². The van der Waals surface area contributed by atoms with Crippen LogP contribution in [0, 0.1) is 0 Å². The number of rotatable bonds is 5. The Morgan fingerprint density at radius 1 is 1.30 bits per heavy atom. The van der Waals surface area contributed by atoms with Gasteiger partial charge in [0.2, 0.25) is 15.9 Å². The summed E-state index contributed by atoms with van der Waals surface area (Å²) in [5, 5.41) is 7.55. The third-order valence-corrected chi connectivity index (χ3v) is 4.01. The number of carbonyl (C=O) groups is 1. The van der Waals surface area contributed by atoms with Gasteiger partial charge in [0.15, 0.2) is 0 Å². The summed E-state index contributed by atoms with van der Waals surface area (Å²) in [6.07, 6.45) is 1.96. The van der Waals surface area contributed by atoms with Gasteiger partial charge in [0, 0.05) is 17.4 Å². The fourth-order valence-electron chi connectivity index (χ4n) is 1.86. The van der Waals surface area contributed by atoms with Crippen LogP contribution in [0.2, 0.25) is 0 Å². The molecule has 0 atom stereocenters. The number of nitrogens with one attached hydrogen (secondary N) is 1. The van der Waals surface area contributed by atoms with Crippen LogP contribution in [0.25, 0.3) is 0 Å². The summed E-state index contributed by atoms with van der Waals surface area (Å²) in [4.78, 5) is 27.7. The van der Waals surface area contributed by atoms with E-state index >= 15 is 0 Å². The largest absolute Gasteiger partial charge is 0.325 e. The Labute approximate surface area is 133 Å². The van der Waals surface area contributed by atoms with Gasteiger partial charge in [0.1, 0.15) is 6.54 Å². The van der Waals surface area contributed by atoms with E-state index in [-0.39, 0.29) is 17.0 Å². The molecule has 2 aromatic rings. The number of hydrogen-bond acceptors (Lipinski definition) is 5. The van der Waals surface area contributed by atoms with E-state index in [1.165, 1.54) is 41.2 Å². The Hall–Kier alpha value is -2.52. The molecule has 1 aromatic carbocycles. The van der Waals surface area contributed by atoms with Gasteiger partial charge in [-0.2, -0.15) is 0 Å². The lowest BCUT2D eigenvalue weighted by atomic mass is 10.3. The minimum absolute atomic E-state index is 0.0499. The molecular weight excluding hydrogens is 320 g/mol. The first-order valence-corrected chi connectivity index (χ1v) is 8.32. The molecule has 3 N–H and O–H groups in total. The highest BCUT2D eigenvalue weighted by Crippen LogP contribution is 2.12. The number of aryl methyl sites for hydroxylation is 1. The Morgan fingerprint density at radius 3 is 2.48 bits per heavy atom. The second kappa shape index (κ2) is 6.71. The van der Waals surface area contributed by atoms with Gasteiger partial charge in [-0.15, -0.1) is 0 Å². The number of nitrogens with zero attached hydrogens (tertiary/aromatic N) is 2. The van der Waals surface area contributed by atoms with Gasteiger partial charge >= 0.3 is 0 Å². The van der Waals surface area contributed by atoms with Crippen LogP contribution in [0.5, 0.6) is 0 Å². The Bertz CT molecular complexity index is 872. The molecule has 0 radical (unpaired) electrons. The van der Waals surface area contributed by atoms with Crippen LogP contribution in [0.3, 0.4) is 0 Å². The molecule has 0 bridgehead atoms. The zero-order chi connectivity index (χ0) is 17.0. The molecule has 1 amide bonds. The molecule has 2 rings (SSSR count). The number of benzene rings is 1. The molecular formula is C14H16N4O4S. The van der Waals surface area contributed by atoms with Gasteiger partial charge in [-0.3, -0.25) is 14.2 Å². The fraction of sp³-hybridized carbons (Fsp3) is 0.214. The lowest BCUT2D eigenvalue weighted by Crippen LogP contribution is -2.27. The van der Waals surface area contributed by atoms with Crippen molar-refractivity contribution >= 4 is 21.6 Å². The molecule has 23 heavy (non-hydrogen) atoms. The summed E-state index contributed by atoms with van der Waals surface area (Å²) < 4.78 is 23.5. The zero-order valence-electron chi connectivity index (χ0n) is 12.4. The van der Waals surface area contributed by atoms with Crippen molar-refractivity contribution in [1.82, 2.24) is 9.55 Å². The van der Waals surface area contributed by atoms with Gasteiger partial charge in [-0.25, -0.2) is 18.5 Å². The maximum Gasteiger partial charge on any atom is 0.253 e. The number of carbonyl (C=O) groups excluding carboxylic acids is 1. The number of anilines is 1. The Balaban J connectivity index is 2.06. The van der Waals surface area contributed by atoms with Crippen LogP contribution >= 0.6 is 0 Å². The highest BCUT2D eigenvalue weighted by Gasteiger charge is 2.09. The predicted molar refractivity (Wildman–Crippen MR) is 84.3 cm³/mol. The predicted octanol–water partition coefficient (Wildman–Crippen LogP) is 0.0918. The molecule has 1 aromatic heterocycles. The van der Waals surface area contributed by atoms with Crippen molar-refractivity contribution in [2.24, 2.45) is 5.14 Å². The average molecular weight is 336 g/mol. The zero-order valence-corrected chi connectivity index (χ0v) is 13.2. The quantitative estimate of drug-likeness (QED) is 0.801. The molecule has 0 spiro atoms. The molecule has 0 aliphatic heterocycles. The molecule has 9 heteroatoms. The minimum atomic E-state index is -3.78. The summed E-state index contributed by atoms with van der Waals surface area (Å²) >= 11 is 0. The first kappa shape index (κ1) is 16.8. The third kappa shape index (κ3) is 4.47. The molecule has 0 saturated heterocycles. The van der Waals surface area contributed by atoms with Crippen molar-refractivity contribution < 1.29 is 13.2 Å². The number of aromatic nitrogens is 2. The lowest BCUT2D eigenvalue weighted by Gasteiger charge is -2.08. The lowest BCUT2D eigenvalue weighted by molar-refractivity contribution is -0.116. The van der Waals surface area contributed by atoms with E-state index in [4.69, 9.17) is 5.14 Å². The molecule has 0 unspecified atom stereocenters. The Kier molecular flexibility index (Phi) is 4.92. The standard InChI is InChI=1S/C14H16N4O4S/c1-2-10-7-14(20)18(9-16-10)8-13(19)17-11-3-5-12(6-4-11)23(15,21)22/h3-7,9H,2,8H2,1H3,(H,17,19)(H2,15,21,22). The van der Waals surface area contributed by atoms with Crippen molar-refractivity contribution in [3.05, 3.63) is 52.7 Å². The van der Waals surface area contributed by atoms with Crippen LogP contribution in [0.15, 0.2) is 46.3 Å². The first-order valence-electron chi connectivity index (χ1n) is 6.77. The SMILES string of the molecule is CCc1cc(=O)n(CC(=O)Nc2ccc(S(N)(=O)=O)cc2)cn1.